The Bertz CT molecular complexity index is 684. The maximum atomic E-state index is 11.8. The Labute approximate surface area is 90.6 Å². The van der Waals surface area contributed by atoms with Crippen LogP contribution in [0.3, 0.4) is 0 Å². The minimum atomic E-state index is -0.193. The molecule has 16 heavy (non-hydrogen) atoms. The molecule has 0 spiro atoms. The zero-order valence-electron chi connectivity index (χ0n) is 8.31. The van der Waals surface area contributed by atoms with Crippen molar-refractivity contribution in [1.29, 1.82) is 0 Å². The minimum absolute atomic E-state index is 0.193. The molecule has 2 aromatic heterocycles. The van der Waals surface area contributed by atoms with E-state index in [1.807, 2.05) is 24.3 Å². The molecule has 0 saturated carbocycles. The maximum absolute atomic E-state index is 11.8. The predicted molar refractivity (Wildman–Crippen MR) is 60.1 cm³/mol. The number of pyridine rings is 1. The van der Waals surface area contributed by atoms with Crippen molar-refractivity contribution in [3.05, 3.63) is 53.1 Å². The SMILES string of the molecule is O=c1[nH]c2ccccc2cc1-c1ncco1. The number of benzene rings is 1. The summed E-state index contributed by atoms with van der Waals surface area (Å²) in [5.74, 6) is 0.340. The first-order valence-corrected chi connectivity index (χ1v) is 4.86. The fourth-order valence-corrected chi connectivity index (χ4v) is 1.66. The molecule has 3 rings (SSSR count). The Kier molecular flexibility index (Phi) is 1.86. The molecular weight excluding hydrogens is 204 g/mol. The van der Waals surface area contributed by atoms with Gasteiger partial charge in [-0.15, -0.1) is 0 Å². The van der Waals surface area contributed by atoms with Crippen molar-refractivity contribution in [3.63, 3.8) is 0 Å². The van der Waals surface area contributed by atoms with Crippen molar-refractivity contribution in [2.24, 2.45) is 0 Å². The van der Waals surface area contributed by atoms with E-state index in [9.17, 15) is 4.79 Å². The van der Waals surface area contributed by atoms with Crippen LogP contribution in [0.25, 0.3) is 22.4 Å². The van der Waals surface area contributed by atoms with E-state index in [0.717, 1.165) is 10.9 Å². The normalized spacial score (nSPS) is 10.8. The van der Waals surface area contributed by atoms with E-state index in [2.05, 4.69) is 9.97 Å². The number of hydrogen-bond acceptors (Lipinski definition) is 3. The predicted octanol–water partition coefficient (Wildman–Crippen LogP) is 2.18. The average molecular weight is 212 g/mol. The monoisotopic (exact) mass is 212 g/mol. The van der Waals surface area contributed by atoms with E-state index in [-0.39, 0.29) is 5.56 Å². The van der Waals surface area contributed by atoms with E-state index in [4.69, 9.17) is 4.42 Å². The molecule has 0 fully saturated rings. The van der Waals surface area contributed by atoms with E-state index in [1.54, 1.807) is 6.07 Å². The van der Waals surface area contributed by atoms with Gasteiger partial charge in [-0.05, 0) is 17.5 Å². The van der Waals surface area contributed by atoms with E-state index in [1.165, 1.54) is 12.5 Å². The molecule has 0 radical (unpaired) electrons. The number of para-hydroxylation sites is 1. The lowest BCUT2D eigenvalue weighted by molar-refractivity contribution is 0.574. The van der Waals surface area contributed by atoms with Crippen LogP contribution in [0.15, 0.2) is 52.0 Å². The fourth-order valence-electron chi connectivity index (χ4n) is 1.66. The molecule has 0 amide bonds. The zero-order chi connectivity index (χ0) is 11.0. The van der Waals surface area contributed by atoms with Gasteiger partial charge in [-0.25, -0.2) is 4.98 Å². The Morgan fingerprint density at radius 3 is 2.94 bits per heavy atom. The maximum Gasteiger partial charge on any atom is 0.261 e. The van der Waals surface area contributed by atoms with Crippen molar-refractivity contribution in [3.8, 4) is 11.5 Å². The molecule has 1 aromatic carbocycles. The first-order chi connectivity index (χ1) is 7.84. The Morgan fingerprint density at radius 1 is 1.25 bits per heavy atom. The topological polar surface area (TPSA) is 58.9 Å². The smallest absolute Gasteiger partial charge is 0.261 e. The molecule has 0 atom stereocenters. The van der Waals surface area contributed by atoms with Crippen LogP contribution in [0.4, 0.5) is 0 Å². The number of hydrogen-bond donors (Lipinski definition) is 1. The molecule has 0 aliphatic heterocycles. The first kappa shape index (κ1) is 8.91. The van der Waals surface area contributed by atoms with Gasteiger partial charge in [0.25, 0.3) is 5.56 Å². The first-order valence-electron chi connectivity index (χ1n) is 4.86. The average Bonchev–Trinajstić information content (AvgIpc) is 2.81. The highest BCUT2D eigenvalue weighted by atomic mass is 16.3. The van der Waals surface area contributed by atoms with Crippen molar-refractivity contribution in [2.75, 3.05) is 0 Å². The van der Waals surface area contributed by atoms with Crippen molar-refractivity contribution < 1.29 is 4.42 Å². The summed E-state index contributed by atoms with van der Waals surface area (Å²) in [6.45, 7) is 0. The van der Waals surface area contributed by atoms with Gasteiger partial charge < -0.3 is 9.40 Å². The molecule has 0 aliphatic carbocycles. The Hall–Kier alpha value is -2.36. The summed E-state index contributed by atoms with van der Waals surface area (Å²) in [7, 11) is 0. The second-order valence-electron chi connectivity index (χ2n) is 3.44. The fraction of sp³-hybridized carbons (Fsp3) is 0. The number of H-pyrrole nitrogens is 1. The van der Waals surface area contributed by atoms with Crippen LogP contribution in [0.1, 0.15) is 0 Å². The van der Waals surface area contributed by atoms with Crippen LogP contribution in [-0.2, 0) is 0 Å². The molecule has 0 unspecified atom stereocenters. The highest BCUT2D eigenvalue weighted by Gasteiger charge is 2.08. The standard InChI is InChI=1S/C12H8N2O2/c15-11-9(12-13-5-6-16-12)7-8-3-1-2-4-10(8)14-11/h1-7H,(H,14,15). The van der Waals surface area contributed by atoms with Crippen LogP contribution < -0.4 is 5.56 Å². The van der Waals surface area contributed by atoms with Crippen molar-refractivity contribution in [1.82, 2.24) is 9.97 Å². The van der Waals surface area contributed by atoms with Gasteiger partial charge in [-0.2, -0.15) is 0 Å². The van der Waals surface area contributed by atoms with Crippen LogP contribution >= 0.6 is 0 Å². The Morgan fingerprint density at radius 2 is 2.12 bits per heavy atom. The number of aromatic amines is 1. The lowest BCUT2D eigenvalue weighted by Crippen LogP contribution is -2.08. The van der Waals surface area contributed by atoms with Gasteiger partial charge in [-0.3, -0.25) is 4.79 Å². The second-order valence-corrected chi connectivity index (χ2v) is 3.44. The quantitative estimate of drug-likeness (QED) is 0.672. The lowest BCUT2D eigenvalue weighted by Gasteiger charge is -1.99. The van der Waals surface area contributed by atoms with Crippen LogP contribution in [0.2, 0.25) is 0 Å². The van der Waals surface area contributed by atoms with Gasteiger partial charge >= 0.3 is 0 Å². The summed E-state index contributed by atoms with van der Waals surface area (Å²) in [5, 5.41) is 0.954. The minimum Gasteiger partial charge on any atom is -0.444 e. The van der Waals surface area contributed by atoms with E-state index in [0.29, 0.717) is 11.5 Å². The molecule has 78 valence electrons. The van der Waals surface area contributed by atoms with Gasteiger partial charge in [0.05, 0.1) is 6.20 Å². The molecule has 1 N–H and O–H groups in total. The van der Waals surface area contributed by atoms with E-state index < -0.39 is 0 Å². The summed E-state index contributed by atoms with van der Waals surface area (Å²) in [6, 6.07) is 9.36. The molecular formula is C12H8N2O2. The summed E-state index contributed by atoms with van der Waals surface area (Å²) in [4.78, 5) is 18.5. The summed E-state index contributed by atoms with van der Waals surface area (Å²) in [5.41, 5.74) is 1.06. The van der Waals surface area contributed by atoms with Gasteiger partial charge in [0.2, 0.25) is 5.89 Å². The number of nitrogens with one attached hydrogen (secondary N) is 1. The number of oxazole rings is 1. The number of fused-ring (bicyclic) bond motifs is 1. The lowest BCUT2D eigenvalue weighted by atomic mass is 10.1. The van der Waals surface area contributed by atoms with Crippen molar-refractivity contribution >= 4 is 10.9 Å². The highest BCUT2D eigenvalue weighted by molar-refractivity contribution is 5.81. The molecule has 0 bridgehead atoms. The summed E-state index contributed by atoms with van der Waals surface area (Å²) in [6.07, 6.45) is 2.97. The van der Waals surface area contributed by atoms with Gasteiger partial charge in [0.15, 0.2) is 0 Å². The summed E-state index contributed by atoms with van der Waals surface area (Å²) < 4.78 is 5.12. The van der Waals surface area contributed by atoms with Gasteiger partial charge in [0.1, 0.15) is 11.8 Å². The van der Waals surface area contributed by atoms with Crippen molar-refractivity contribution in [2.45, 2.75) is 0 Å². The third kappa shape index (κ3) is 1.32. The zero-order valence-corrected chi connectivity index (χ0v) is 8.31. The molecule has 4 heteroatoms. The second kappa shape index (κ2) is 3.34. The summed E-state index contributed by atoms with van der Waals surface area (Å²) >= 11 is 0. The molecule has 0 saturated heterocycles. The third-order valence-corrected chi connectivity index (χ3v) is 2.42. The van der Waals surface area contributed by atoms with Crippen LogP contribution in [0, 0.1) is 0 Å². The third-order valence-electron chi connectivity index (χ3n) is 2.42. The molecule has 0 aliphatic rings. The largest absolute Gasteiger partial charge is 0.444 e. The van der Waals surface area contributed by atoms with Crippen LogP contribution in [-0.4, -0.2) is 9.97 Å². The number of nitrogens with zero attached hydrogens (tertiary/aromatic N) is 1. The van der Waals surface area contributed by atoms with Gasteiger partial charge in [-0.1, -0.05) is 18.2 Å². The molecule has 3 aromatic rings. The van der Waals surface area contributed by atoms with Crippen LogP contribution in [0.5, 0.6) is 0 Å². The Balaban J connectivity index is 2.34. The van der Waals surface area contributed by atoms with E-state index >= 15 is 0 Å². The number of aromatic nitrogens is 2. The highest BCUT2D eigenvalue weighted by Crippen LogP contribution is 2.17. The van der Waals surface area contributed by atoms with Gasteiger partial charge in [0, 0.05) is 5.52 Å². The molecule has 4 nitrogen and oxygen atoms in total. The molecule has 2 heterocycles. The number of rotatable bonds is 1.